The zero-order valence-corrected chi connectivity index (χ0v) is 21.8. The number of hydrogen-bond acceptors (Lipinski definition) is 5. The van der Waals surface area contributed by atoms with Crippen molar-refractivity contribution in [1.29, 1.82) is 0 Å². The van der Waals surface area contributed by atoms with Crippen molar-refractivity contribution in [3.63, 3.8) is 0 Å². The molecular formula is C27H35FN6O. The van der Waals surface area contributed by atoms with Crippen LogP contribution < -0.4 is 10.4 Å². The molecule has 186 valence electrons. The number of halogens is 1. The summed E-state index contributed by atoms with van der Waals surface area (Å²) in [4.78, 5) is 26.7. The number of nitrogens with zero attached hydrogens (tertiary/aromatic N) is 6. The van der Waals surface area contributed by atoms with E-state index in [-0.39, 0.29) is 5.91 Å². The number of aryl methyl sites for hydroxylation is 2. The Hall–Kier alpha value is -3.26. The lowest BCUT2D eigenvalue weighted by atomic mass is 10.1. The van der Waals surface area contributed by atoms with Gasteiger partial charge in [0.15, 0.2) is 11.5 Å². The van der Waals surface area contributed by atoms with E-state index in [9.17, 15) is 9.18 Å². The molecule has 1 fully saturated rings. The van der Waals surface area contributed by atoms with Gasteiger partial charge in [0.05, 0.1) is 17.1 Å². The van der Waals surface area contributed by atoms with Crippen LogP contribution in [0.25, 0.3) is 11.3 Å². The highest BCUT2D eigenvalue weighted by Gasteiger charge is 2.22. The molecule has 7 nitrogen and oxygen atoms in total. The van der Waals surface area contributed by atoms with Crippen LogP contribution in [0.2, 0.25) is 0 Å². The maximum absolute atomic E-state index is 14.9. The smallest absolute Gasteiger partial charge is 0.229 e. The molecule has 0 saturated carbocycles. The van der Waals surface area contributed by atoms with Crippen LogP contribution in [0.4, 0.5) is 10.1 Å². The Morgan fingerprint density at radius 2 is 1.91 bits per heavy atom. The van der Waals surface area contributed by atoms with Gasteiger partial charge in [-0.1, -0.05) is 6.92 Å². The summed E-state index contributed by atoms with van der Waals surface area (Å²) in [6, 6.07) is 4.00. The van der Waals surface area contributed by atoms with Crippen molar-refractivity contribution in [3.05, 3.63) is 64.4 Å². The number of imidazole rings is 1. The van der Waals surface area contributed by atoms with Gasteiger partial charge in [-0.3, -0.25) is 9.36 Å². The molecule has 0 radical (unpaired) electrons. The lowest BCUT2D eigenvalue weighted by molar-refractivity contribution is 0.0931. The van der Waals surface area contributed by atoms with E-state index >= 15 is 0 Å². The number of hydrogen-bond donors (Lipinski definition) is 0. The van der Waals surface area contributed by atoms with Crippen molar-refractivity contribution in [2.45, 2.75) is 54.0 Å². The molecular weight excluding hydrogens is 443 g/mol. The fourth-order valence-electron chi connectivity index (χ4n) is 4.53. The van der Waals surface area contributed by atoms with E-state index in [0.717, 1.165) is 48.6 Å². The molecule has 3 aromatic heterocycles. The summed E-state index contributed by atoms with van der Waals surface area (Å²) in [6.07, 6.45) is 6.28. The molecule has 0 aromatic carbocycles. The molecule has 1 unspecified atom stereocenters. The van der Waals surface area contributed by atoms with E-state index in [4.69, 9.17) is 4.99 Å². The number of likely N-dealkylation sites (N-methyl/N-ethyl adjacent to an activating group) is 1. The summed E-state index contributed by atoms with van der Waals surface area (Å²) in [7, 11) is 2.14. The molecule has 0 N–H and O–H groups in total. The first kappa shape index (κ1) is 24.9. The molecule has 0 bridgehead atoms. The van der Waals surface area contributed by atoms with E-state index in [0.29, 0.717) is 28.4 Å². The minimum absolute atomic E-state index is 0.115. The second kappa shape index (κ2) is 9.77. The summed E-state index contributed by atoms with van der Waals surface area (Å²) in [5.41, 5.74) is 5.83. The Balaban J connectivity index is 1.88. The van der Waals surface area contributed by atoms with Gasteiger partial charge in [0, 0.05) is 56.8 Å². The third kappa shape index (κ3) is 4.93. The molecule has 4 rings (SSSR count). The molecule has 8 heteroatoms. The molecule has 1 saturated heterocycles. The third-order valence-electron chi connectivity index (χ3n) is 6.92. The fraction of sp³-hybridized carbons (Fsp3) is 0.444. The van der Waals surface area contributed by atoms with Gasteiger partial charge in [-0.15, -0.1) is 0 Å². The Kier molecular flexibility index (Phi) is 6.94. The zero-order chi connectivity index (χ0) is 25.4. The average Bonchev–Trinajstić information content (AvgIpc) is 3.19. The van der Waals surface area contributed by atoms with E-state index in [1.807, 2.05) is 40.1 Å². The number of rotatable bonds is 4. The second-order valence-corrected chi connectivity index (χ2v) is 9.65. The maximum Gasteiger partial charge on any atom is 0.229 e. The van der Waals surface area contributed by atoms with Gasteiger partial charge in [-0.2, -0.15) is 0 Å². The number of fused-ring (bicyclic) bond motifs is 1. The van der Waals surface area contributed by atoms with Crippen LogP contribution in [-0.4, -0.2) is 57.5 Å². The summed E-state index contributed by atoms with van der Waals surface area (Å²) in [6.45, 7) is 14.4. The van der Waals surface area contributed by atoms with Gasteiger partial charge in [0.25, 0.3) is 0 Å². The lowest BCUT2D eigenvalue weighted by Crippen LogP contribution is -2.50. The average molecular weight is 479 g/mol. The van der Waals surface area contributed by atoms with Gasteiger partial charge < -0.3 is 14.2 Å². The number of allylic oxidation sites excluding steroid dienone is 1. The molecule has 0 spiro atoms. The minimum Gasteiger partial charge on any atom is -0.367 e. The molecule has 3 aromatic rings. The Bertz CT molecular complexity index is 1380. The Morgan fingerprint density at radius 3 is 2.57 bits per heavy atom. The van der Waals surface area contributed by atoms with Crippen LogP contribution in [0.5, 0.6) is 0 Å². The number of piperazine rings is 1. The van der Waals surface area contributed by atoms with Crippen LogP contribution >= 0.6 is 0 Å². The highest BCUT2D eigenvalue weighted by Crippen LogP contribution is 2.25. The normalized spacial score (nSPS) is 18.3. The van der Waals surface area contributed by atoms with E-state index in [2.05, 4.69) is 34.8 Å². The standard InChI is InChI=1S/C27H35FN6O/c1-8-17(2)25(22-12-24(28)27-29-19(4)13-33(27)15-22)30-26-18(3)11-23(16-34(26)21(6)35)32-10-9-31(7)20(5)14-32/h11-13,15-16,20H,8-10,14H2,1-7H3/b25-17+,30-26?. The summed E-state index contributed by atoms with van der Waals surface area (Å²) in [5.74, 6) is -0.515. The second-order valence-electron chi connectivity index (χ2n) is 9.65. The van der Waals surface area contributed by atoms with Crippen molar-refractivity contribution < 1.29 is 9.18 Å². The third-order valence-corrected chi connectivity index (χ3v) is 6.92. The predicted octanol–water partition coefficient (Wildman–Crippen LogP) is 4.43. The van der Waals surface area contributed by atoms with Gasteiger partial charge >= 0.3 is 0 Å². The van der Waals surface area contributed by atoms with Crippen molar-refractivity contribution >= 4 is 22.9 Å². The molecule has 0 amide bonds. The maximum atomic E-state index is 14.9. The molecule has 1 aliphatic rings. The number of carbonyl (C=O) groups excluding carboxylic acids is 1. The monoisotopic (exact) mass is 478 g/mol. The highest BCUT2D eigenvalue weighted by molar-refractivity contribution is 5.77. The lowest BCUT2D eigenvalue weighted by Gasteiger charge is -2.39. The first-order chi connectivity index (χ1) is 16.6. The fourth-order valence-corrected chi connectivity index (χ4v) is 4.53. The van der Waals surface area contributed by atoms with Crippen molar-refractivity contribution in [3.8, 4) is 0 Å². The summed E-state index contributed by atoms with van der Waals surface area (Å²) >= 11 is 0. The van der Waals surface area contributed by atoms with Gasteiger partial charge in [0.1, 0.15) is 5.49 Å². The Morgan fingerprint density at radius 1 is 1.17 bits per heavy atom. The van der Waals surface area contributed by atoms with Crippen LogP contribution in [0.3, 0.4) is 0 Å². The quantitative estimate of drug-likeness (QED) is 0.557. The van der Waals surface area contributed by atoms with Gasteiger partial charge in [0.2, 0.25) is 5.91 Å². The van der Waals surface area contributed by atoms with Crippen molar-refractivity contribution in [2.24, 2.45) is 4.99 Å². The molecule has 0 aliphatic carbocycles. The van der Waals surface area contributed by atoms with Crippen molar-refractivity contribution in [1.82, 2.24) is 18.9 Å². The molecule has 4 heterocycles. The minimum atomic E-state index is -0.400. The number of pyridine rings is 2. The van der Waals surface area contributed by atoms with Crippen LogP contribution in [-0.2, 0) is 0 Å². The largest absolute Gasteiger partial charge is 0.367 e. The van der Waals surface area contributed by atoms with Crippen molar-refractivity contribution in [2.75, 3.05) is 31.6 Å². The number of aromatic nitrogens is 3. The number of carbonyl (C=O) groups is 1. The number of anilines is 1. The first-order valence-corrected chi connectivity index (χ1v) is 12.2. The SMILES string of the molecule is CC/C(C)=C(/N=c1c(C)cc(N2CCN(C)C(C)C2)cn1C(C)=O)c1cc(F)c2nc(C)cn2c1. The Labute approximate surface area is 206 Å². The van der Waals surface area contributed by atoms with Gasteiger partial charge in [-0.05, 0) is 64.4 Å². The van der Waals surface area contributed by atoms with Gasteiger partial charge in [-0.25, -0.2) is 14.4 Å². The summed E-state index contributed by atoms with van der Waals surface area (Å²) in [5, 5.41) is 0. The highest BCUT2D eigenvalue weighted by atomic mass is 19.1. The summed E-state index contributed by atoms with van der Waals surface area (Å²) < 4.78 is 18.2. The van der Waals surface area contributed by atoms with E-state index < -0.39 is 5.82 Å². The van der Waals surface area contributed by atoms with E-state index in [1.54, 1.807) is 22.1 Å². The molecule has 1 atom stereocenters. The van der Waals surface area contributed by atoms with Crippen LogP contribution in [0.15, 0.2) is 41.3 Å². The molecule has 1 aliphatic heterocycles. The molecule has 35 heavy (non-hydrogen) atoms. The predicted molar refractivity (Wildman–Crippen MR) is 138 cm³/mol. The zero-order valence-electron chi connectivity index (χ0n) is 21.8. The van der Waals surface area contributed by atoms with Crippen LogP contribution in [0, 0.1) is 19.7 Å². The first-order valence-electron chi connectivity index (χ1n) is 12.2. The van der Waals surface area contributed by atoms with E-state index in [1.165, 1.54) is 6.07 Å². The van der Waals surface area contributed by atoms with Crippen LogP contribution in [0.1, 0.15) is 55.7 Å². The topological polar surface area (TPSA) is 58.1 Å².